The van der Waals surface area contributed by atoms with Crippen LogP contribution in [0.4, 0.5) is 5.69 Å². The standard InChI is InChI=1S/C17H19N3O2/c21-14-9-3-5-11-6-4-10-20(16(11)14)17(22)15-12-7-1-2-8-13(12)18-19-15/h3,5,9,21H,1-2,4,6-8,10H2,(H,18,19). The zero-order valence-corrected chi connectivity index (χ0v) is 12.4. The average molecular weight is 297 g/mol. The molecule has 5 heteroatoms. The Balaban J connectivity index is 1.75. The van der Waals surface area contributed by atoms with Gasteiger partial charge < -0.3 is 10.0 Å². The molecule has 114 valence electrons. The molecule has 5 nitrogen and oxygen atoms in total. The average Bonchev–Trinajstić information content (AvgIpc) is 2.98. The van der Waals surface area contributed by atoms with Crippen LogP contribution in [0.2, 0.25) is 0 Å². The van der Waals surface area contributed by atoms with Crippen molar-refractivity contribution >= 4 is 11.6 Å². The van der Waals surface area contributed by atoms with Crippen LogP contribution in [-0.2, 0) is 19.3 Å². The number of anilines is 1. The summed E-state index contributed by atoms with van der Waals surface area (Å²) in [5.41, 5.74) is 4.39. The summed E-state index contributed by atoms with van der Waals surface area (Å²) in [7, 11) is 0. The number of para-hydroxylation sites is 1. The first-order valence-electron chi connectivity index (χ1n) is 7.94. The number of fused-ring (bicyclic) bond motifs is 2. The molecule has 1 aromatic heterocycles. The predicted octanol–water partition coefficient (Wildman–Crippen LogP) is 2.59. The first-order chi connectivity index (χ1) is 10.8. The molecule has 1 amide bonds. The number of benzene rings is 1. The minimum atomic E-state index is -0.0955. The molecule has 0 bridgehead atoms. The molecule has 22 heavy (non-hydrogen) atoms. The Morgan fingerprint density at radius 2 is 2.05 bits per heavy atom. The molecular formula is C17H19N3O2. The molecule has 0 spiro atoms. The molecule has 0 saturated heterocycles. The molecule has 1 aliphatic heterocycles. The van der Waals surface area contributed by atoms with Crippen molar-refractivity contribution in [3.8, 4) is 5.75 Å². The van der Waals surface area contributed by atoms with Crippen LogP contribution in [0.25, 0.3) is 0 Å². The summed E-state index contributed by atoms with van der Waals surface area (Å²) in [6, 6.07) is 5.46. The highest BCUT2D eigenvalue weighted by atomic mass is 16.3. The number of nitrogens with one attached hydrogen (secondary N) is 1. The number of aromatic nitrogens is 2. The summed E-state index contributed by atoms with van der Waals surface area (Å²) in [6.07, 6.45) is 5.94. The van der Waals surface area contributed by atoms with E-state index >= 15 is 0 Å². The van der Waals surface area contributed by atoms with Gasteiger partial charge in [0.25, 0.3) is 5.91 Å². The third kappa shape index (κ3) is 2.00. The van der Waals surface area contributed by atoms with E-state index in [1.54, 1.807) is 11.0 Å². The van der Waals surface area contributed by atoms with Crippen molar-refractivity contribution < 1.29 is 9.90 Å². The van der Waals surface area contributed by atoms with Gasteiger partial charge in [0.05, 0.1) is 5.69 Å². The Kier molecular flexibility index (Phi) is 3.13. The number of hydrogen-bond donors (Lipinski definition) is 2. The van der Waals surface area contributed by atoms with Crippen molar-refractivity contribution in [2.24, 2.45) is 0 Å². The quantitative estimate of drug-likeness (QED) is 0.850. The largest absolute Gasteiger partial charge is 0.506 e. The van der Waals surface area contributed by atoms with Gasteiger partial charge in [-0.2, -0.15) is 5.10 Å². The number of H-pyrrole nitrogens is 1. The van der Waals surface area contributed by atoms with Gasteiger partial charge in [-0.05, 0) is 50.2 Å². The maximum Gasteiger partial charge on any atom is 0.279 e. The van der Waals surface area contributed by atoms with Gasteiger partial charge in [-0.25, -0.2) is 0 Å². The van der Waals surface area contributed by atoms with Crippen LogP contribution in [0.5, 0.6) is 5.75 Å². The van der Waals surface area contributed by atoms with Gasteiger partial charge in [0.15, 0.2) is 5.69 Å². The number of carbonyl (C=O) groups excluding carboxylic acids is 1. The van der Waals surface area contributed by atoms with E-state index in [9.17, 15) is 9.90 Å². The Bertz CT molecular complexity index is 736. The van der Waals surface area contributed by atoms with Gasteiger partial charge in [0.2, 0.25) is 0 Å². The fourth-order valence-corrected chi connectivity index (χ4v) is 3.62. The minimum absolute atomic E-state index is 0.0955. The number of phenolic OH excluding ortho intramolecular Hbond substituents is 1. The summed E-state index contributed by atoms with van der Waals surface area (Å²) in [5, 5.41) is 17.5. The van der Waals surface area contributed by atoms with E-state index in [0.717, 1.165) is 55.3 Å². The second kappa shape index (κ2) is 5.16. The lowest BCUT2D eigenvalue weighted by Gasteiger charge is -2.30. The van der Waals surface area contributed by atoms with Crippen LogP contribution >= 0.6 is 0 Å². The molecule has 2 aromatic rings. The Morgan fingerprint density at radius 3 is 2.95 bits per heavy atom. The highest BCUT2D eigenvalue weighted by Gasteiger charge is 2.30. The lowest BCUT2D eigenvalue weighted by atomic mass is 9.95. The van der Waals surface area contributed by atoms with Crippen LogP contribution in [0, 0.1) is 0 Å². The number of nitrogens with zero attached hydrogens (tertiary/aromatic N) is 2. The lowest BCUT2D eigenvalue weighted by molar-refractivity contribution is 0.0978. The Labute approximate surface area is 129 Å². The lowest BCUT2D eigenvalue weighted by Crippen LogP contribution is -2.36. The number of aromatic amines is 1. The monoisotopic (exact) mass is 297 g/mol. The number of aryl methyl sites for hydroxylation is 2. The molecule has 2 aliphatic rings. The molecule has 0 fully saturated rings. The number of hydrogen-bond acceptors (Lipinski definition) is 3. The molecule has 0 saturated carbocycles. The number of aromatic hydroxyl groups is 1. The number of rotatable bonds is 1. The van der Waals surface area contributed by atoms with Crippen LogP contribution in [-0.4, -0.2) is 27.8 Å². The van der Waals surface area contributed by atoms with Gasteiger partial charge in [0, 0.05) is 17.8 Å². The summed E-state index contributed by atoms with van der Waals surface area (Å²) in [5.74, 6) is 0.0804. The Hall–Kier alpha value is -2.30. The van der Waals surface area contributed by atoms with Crippen LogP contribution in [0.3, 0.4) is 0 Å². The molecule has 1 aromatic carbocycles. The van der Waals surface area contributed by atoms with Crippen LogP contribution in [0.15, 0.2) is 18.2 Å². The molecular weight excluding hydrogens is 278 g/mol. The van der Waals surface area contributed by atoms with Crippen LogP contribution < -0.4 is 4.90 Å². The van der Waals surface area contributed by atoms with E-state index in [1.165, 1.54) is 0 Å². The molecule has 0 unspecified atom stereocenters. The van der Waals surface area contributed by atoms with E-state index in [1.807, 2.05) is 12.1 Å². The van der Waals surface area contributed by atoms with Crippen molar-refractivity contribution in [3.05, 3.63) is 40.7 Å². The number of amides is 1. The van der Waals surface area contributed by atoms with E-state index < -0.39 is 0 Å². The molecule has 1 aliphatic carbocycles. The van der Waals surface area contributed by atoms with Gasteiger partial charge in [-0.3, -0.25) is 9.89 Å². The van der Waals surface area contributed by atoms with Crippen molar-refractivity contribution in [3.63, 3.8) is 0 Å². The first-order valence-corrected chi connectivity index (χ1v) is 7.94. The molecule has 4 rings (SSSR count). The van der Waals surface area contributed by atoms with Crippen molar-refractivity contribution in [2.75, 3.05) is 11.4 Å². The molecule has 2 N–H and O–H groups in total. The fraction of sp³-hybridized carbons (Fsp3) is 0.412. The van der Waals surface area contributed by atoms with Gasteiger partial charge in [0.1, 0.15) is 5.75 Å². The highest BCUT2D eigenvalue weighted by Crippen LogP contribution is 2.36. The smallest absolute Gasteiger partial charge is 0.279 e. The third-order valence-corrected chi connectivity index (χ3v) is 4.70. The van der Waals surface area contributed by atoms with Crippen molar-refractivity contribution in [1.82, 2.24) is 10.2 Å². The summed E-state index contributed by atoms with van der Waals surface area (Å²) in [6.45, 7) is 0.630. The number of phenols is 1. The zero-order chi connectivity index (χ0) is 15.1. The van der Waals surface area contributed by atoms with Crippen molar-refractivity contribution in [1.29, 1.82) is 0 Å². The molecule has 0 radical (unpaired) electrons. The Morgan fingerprint density at radius 1 is 1.18 bits per heavy atom. The summed E-state index contributed by atoms with van der Waals surface area (Å²) < 4.78 is 0. The fourth-order valence-electron chi connectivity index (χ4n) is 3.62. The third-order valence-electron chi connectivity index (χ3n) is 4.70. The van der Waals surface area contributed by atoms with Crippen LogP contribution in [0.1, 0.15) is 46.6 Å². The SMILES string of the molecule is O=C(c1n[nH]c2c1CCCC2)N1CCCc2cccc(O)c21. The van der Waals surface area contributed by atoms with Gasteiger partial charge in [-0.15, -0.1) is 0 Å². The number of carbonyl (C=O) groups is 1. The topological polar surface area (TPSA) is 69.2 Å². The zero-order valence-electron chi connectivity index (χ0n) is 12.4. The molecule has 0 atom stereocenters. The second-order valence-corrected chi connectivity index (χ2v) is 6.08. The summed E-state index contributed by atoms with van der Waals surface area (Å²) >= 11 is 0. The predicted molar refractivity (Wildman–Crippen MR) is 83.3 cm³/mol. The maximum atomic E-state index is 13.0. The second-order valence-electron chi connectivity index (χ2n) is 6.08. The van der Waals surface area contributed by atoms with E-state index in [4.69, 9.17) is 0 Å². The van der Waals surface area contributed by atoms with Gasteiger partial charge >= 0.3 is 0 Å². The molecule has 2 heterocycles. The first kappa shape index (κ1) is 13.4. The van der Waals surface area contributed by atoms with E-state index in [0.29, 0.717) is 17.9 Å². The minimum Gasteiger partial charge on any atom is -0.506 e. The normalized spacial score (nSPS) is 17.0. The van der Waals surface area contributed by atoms with Gasteiger partial charge in [-0.1, -0.05) is 12.1 Å². The highest BCUT2D eigenvalue weighted by molar-refractivity contribution is 6.07. The summed E-state index contributed by atoms with van der Waals surface area (Å²) in [4.78, 5) is 14.7. The van der Waals surface area contributed by atoms with E-state index in [2.05, 4.69) is 10.2 Å². The van der Waals surface area contributed by atoms with Crippen molar-refractivity contribution in [2.45, 2.75) is 38.5 Å². The maximum absolute atomic E-state index is 13.0. The van der Waals surface area contributed by atoms with E-state index in [-0.39, 0.29) is 11.7 Å².